The van der Waals surface area contributed by atoms with Gasteiger partial charge in [0.05, 0.1) is 14.3 Å². The Morgan fingerprint density at radius 1 is 1.25 bits per heavy atom. The van der Waals surface area contributed by atoms with E-state index in [1.54, 1.807) is 7.11 Å². The molecular weight excluding hydrogens is 536 g/mol. The fraction of sp³-hybridized carbons (Fsp3) is 0.235. The van der Waals surface area contributed by atoms with Gasteiger partial charge in [0.2, 0.25) is 0 Å². The smallest absolute Gasteiger partial charge is 0.320 e. The molecule has 24 heavy (non-hydrogen) atoms. The molecule has 0 heterocycles. The summed E-state index contributed by atoms with van der Waals surface area (Å²) in [6.45, 7) is 1.96. The van der Waals surface area contributed by atoms with E-state index in [-0.39, 0.29) is 6.42 Å². The van der Waals surface area contributed by atoms with Crippen LogP contribution in [0.4, 0.5) is 0 Å². The van der Waals surface area contributed by atoms with E-state index in [0.717, 1.165) is 35.5 Å². The van der Waals surface area contributed by atoms with Gasteiger partial charge in [-0.3, -0.25) is 4.79 Å². The van der Waals surface area contributed by atoms with Crippen molar-refractivity contribution >= 4 is 51.2 Å². The Morgan fingerprint density at radius 2 is 1.88 bits per heavy atom. The number of carboxylic acid groups (broad SMARTS) is 1. The first-order valence-corrected chi connectivity index (χ1v) is 9.26. The normalized spacial score (nSPS) is 11.9. The predicted molar refractivity (Wildman–Crippen MR) is 109 cm³/mol. The van der Waals surface area contributed by atoms with Crippen LogP contribution in [-0.4, -0.2) is 24.2 Å². The number of carboxylic acids is 1. The zero-order valence-corrected chi connectivity index (χ0v) is 17.5. The second-order valence-corrected chi connectivity index (χ2v) is 7.60. The first-order chi connectivity index (χ1) is 11.3. The number of benzene rings is 2. The second-order valence-electron chi connectivity index (χ2n) is 5.27. The van der Waals surface area contributed by atoms with E-state index in [0.29, 0.717) is 0 Å². The number of aliphatic carboxylic acids is 1. The molecule has 2 aromatic rings. The van der Waals surface area contributed by atoms with Gasteiger partial charge in [0, 0.05) is 0 Å². The number of ether oxygens (including phenoxy) is 2. The molecule has 2 rings (SSSR count). The van der Waals surface area contributed by atoms with Gasteiger partial charge in [-0.2, -0.15) is 0 Å². The molecule has 0 fully saturated rings. The maximum Gasteiger partial charge on any atom is 0.320 e. The number of rotatable bonds is 6. The van der Waals surface area contributed by atoms with Gasteiger partial charge < -0.3 is 20.3 Å². The van der Waals surface area contributed by atoms with E-state index in [4.69, 9.17) is 20.3 Å². The van der Waals surface area contributed by atoms with Crippen molar-refractivity contribution in [3.63, 3.8) is 0 Å². The minimum atomic E-state index is -1.01. The molecular formula is C17H17I2NO4. The van der Waals surface area contributed by atoms with Crippen LogP contribution in [0, 0.1) is 14.1 Å². The Balaban J connectivity index is 2.25. The summed E-state index contributed by atoms with van der Waals surface area (Å²) in [5.74, 6) is 1.27. The Bertz CT molecular complexity index is 741. The van der Waals surface area contributed by atoms with Gasteiger partial charge in [0.15, 0.2) is 5.75 Å². The highest BCUT2D eigenvalue weighted by Crippen LogP contribution is 2.34. The third-order valence-corrected chi connectivity index (χ3v) is 5.02. The van der Waals surface area contributed by atoms with E-state index in [1.807, 2.05) is 37.3 Å². The average molecular weight is 553 g/mol. The molecule has 0 aromatic heterocycles. The quantitative estimate of drug-likeness (QED) is 0.530. The summed E-state index contributed by atoms with van der Waals surface area (Å²) in [4.78, 5) is 10.9. The molecule has 128 valence electrons. The summed E-state index contributed by atoms with van der Waals surface area (Å²) in [5, 5.41) is 8.94. The number of methoxy groups -OCH3 is 1. The first kappa shape index (κ1) is 19.3. The van der Waals surface area contributed by atoms with Crippen molar-refractivity contribution in [2.24, 2.45) is 5.73 Å². The molecule has 0 aliphatic rings. The van der Waals surface area contributed by atoms with Crippen LogP contribution in [0.5, 0.6) is 17.2 Å². The topological polar surface area (TPSA) is 81.8 Å². The summed E-state index contributed by atoms with van der Waals surface area (Å²) in [7, 11) is 1.63. The maximum absolute atomic E-state index is 10.9. The lowest BCUT2D eigenvalue weighted by Gasteiger charge is -2.14. The van der Waals surface area contributed by atoms with Crippen molar-refractivity contribution in [1.29, 1.82) is 0 Å². The third-order valence-electron chi connectivity index (χ3n) is 3.42. The lowest BCUT2D eigenvalue weighted by Crippen LogP contribution is -2.32. The molecule has 0 bridgehead atoms. The van der Waals surface area contributed by atoms with Crippen LogP contribution >= 0.6 is 45.2 Å². The third kappa shape index (κ3) is 4.73. The summed E-state index contributed by atoms with van der Waals surface area (Å²) in [6, 6.07) is 8.53. The Labute approximate surface area is 167 Å². The molecule has 7 heteroatoms. The van der Waals surface area contributed by atoms with Gasteiger partial charge in [-0.05, 0) is 100.0 Å². The second kappa shape index (κ2) is 8.34. The molecule has 0 radical (unpaired) electrons. The van der Waals surface area contributed by atoms with E-state index < -0.39 is 12.0 Å². The maximum atomic E-state index is 10.9. The van der Waals surface area contributed by atoms with Crippen LogP contribution in [0.25, 0.3) is 0 Å². The highest BCUT2D eigenvalue weighted by atomic mass is 127. The summed E-state index contributed by atoms with van der Waals surface area (Å²) in [6.07, 6.45) is 0.281. The molecule has 2 aromatic carbocycles. The summed E-state index contributed by atoms with van der Waals surface area (Å²) >= 11 is 4.37. The van der Waals surface area contributed by atoms with E-state index in [9.17, 15) is 4.79 Å². The van der Waals surface area contributed by atoms with Crippen LogP contribution in [0.1, 0.15) is 11.1 Å². The van der Waals surface area contributed by atoms with Crippen molar-refractivity contribution < 1.29 is 19.4 Å². The molecule has 0 amide bonds. The zero-order chi connectivity index (χ0) is 17.9. The molecule has 0 spiro atoms. The Kier molecular flexibility index (Phi) is 6.70. The van der Waals surface area contributed by atoms with Crippen molar-refractivity contribution in [3.8, 4) is 17.2 Å². The minimum absolute atomic E-state index is 0.281. The van der Waals surface area contributed by atoms with E-state index in [2.05, 4.69) is 45.2 Å². The standard InChI is InChI=1S/C17H17I2NO4/c1-9-5-11(3-4-15(9)23-2)24-16-12(18)6-10(7-13(16)19)8-14(20)17(21)22/h3-7,14H,8,20H2,1-2H3,(H,21,22). The molecule has 0 aliphatic heterocycles. The summed E-state index contributed by atoms with van der Waals surface area (Å²) in [5.41, 5.74) is 7.47. The number of hydrogen-bond acceptors (Lipinski definition) is 4. The van der Waals surface area contributed by atoms with Crippen LogP contribution in [-0.2, 0) is 11.2 Å². The molecule has 5 nitrogen and oxygen atoms in total. The number of halogens is 2. The molecule has 0 aliphatic carbocycles. The fourth-order valence-corrected chi connectivity index (χ4v) is 4.32. The fourth-order valence-electron chi connectivity index (χ4n) is 2.20. The first-order valence-electron chi connectivity index (χ1n) is 7.10. The molecule has 1 atom stereocenters. The average Bonchev–Trinajstić information content (AvgIpc) is 2.51. The zero-order valence-electron chi connectivity index (χ0n) is 13.2. The lowest BCUT2D eigenvalue weighted by molar-refractivity contribution is -0.138. The highest BCUT2D eigenvalue weighted by molar-refractivity contribution is 14.1. The van der Waals surface area contributed by atoms with Gasteiger partial charge in [-0.15, -0.1) is 0 Å². The summed E-state index contributed by atoms with van der Waals surface area (Å²) < 4.78 is 13.1. The minimum Gasteiger partial charge on any atom is -0.496 e. The number of hydrogen-bond donors (Lipinski definition) is 2. The number of nitrogens with two attached hydrogens (primary N) is 1. The predicted octanol–water partition coefficient (Wildman–Crippen LogP) is 3.96. The SMILES string of the molecule is COc1ccc(Oc2c(I)cc(CC(N)C(=O)O)cc2I)cc1C. The van der Waals surface area contributed by atoms with Crippen molar-refractivity contribution in [3.05, 3.63) is 48.6 Å². The van der Waals surface area contributed by atoms with E-state index >= 15 is 0 Å². The van der Waals surface area contributed by atoms with Crippen molar-refractivity contribution in [2.45, 2.75) is 19.4 Å². The lowest BCUT2D eigenvalue weighted by atomic mass is 10.1. The van der Waals surface area contributed by atoms with Gasteiger partial charge in [0.25, 0.3) is 0 Å². The van der Waals surface area contributed by atoms with Crippen LogP contribution in [0.3, 0.4) is 0 Å². The van der Waals surface area contributed by atoms with Crippen molar-refractivity contribution in [2.75, 3.05) is 7.11 Å². The molecule has 0 saturated carbocycles. The van der Waals surface area contributed by atoms with Gasteiger partial charge in [-0.1, -0.05) is 0 Å². The molecule has 3 N–H and O–H groups in total. The number of aryl methyl sites for hydroxylation is 1. The monoisotopic (exact) mass is 553 g/mol. The van der Waals surface area contributed by atoms with Crippen LogP contribution in [0.15, 0.2) is 30.3 Å². The van der Waals surface area contributed by atoms with Crippen LogP contribution in [0.2, 0.25) is 0 Å². The van der Waals surface area contributed by atoms with Crippen LogP contribution < -0.4 is 15.2 Å². The number of carbonyl (C=O) groups is 1. The Morgan fingerprint density at radius 3 is 2.38 bits per heavy atom. The van der Waals surface area contributed by atoms with E-state index in [1.165, 1.54) is 0 Å². The van der Waals surface area contributed by atoms with Gasteiger partial charge in [-0.25, -0.2) is 0 Å². The molecule has 1 unspecified atom stereocenters. The van der Waals surface area contributed by atoms with Gasteiger partial charge >= 0.3 is 5.97 Å². The Hall–Kier alpha value is -1.07. The largest absolute Gasteiger partial charge is 0.496 e. The van der Waals surface area contributed by atoms with Crippen molar-refractivity contribution in [1.82, 2.24) is 0 Å². The highest BCUT2D eigenvalue weighted by Gasteiger charge is 2.16. The van der Waals surface area contributed by atoms with Gasteiger partial charge in [0.1, 0.15) is 17.5 Å². The molecule has 0 saturated heterocycles.